The minimum Gasteiger partial charge on any atom is -0.384 e. The number of nitrogens with one attached hydrogen (secondary N) is 1. The Labute approximate surface area is 128 Å². The van der Waals surface area contributed by atoms with Crippen LogP contribution in [-0.4, -0.2) is 36.6 Å². The molecule has 0 spiro atoms. The number of rotatable bonds is 3. The first-order valence-corrected chi connectivity index (χ1v) is 7.99. The van der Waals surface area contributed by atoms with Gasteiger partial charge in [-0.2, -0.15) is 0 Å². The average molecular weight is 334 g/mol. The van der Waals surface area contributed by atoms with Crippen molar-refractivity contribution in [2.75, 3.05) is 32.0 Å². The zero-order valence-corrected chi connectivity index (χ0v) is 13.4. The molecular weight excluding hydrogens is 314 g/mol. The quantitative estimate of drug-likeness (QED) is 0.927. The van der Waals surface area contributed by atoms with Crippen molar-refractivity contribution in [2.45, 2.75) is 12.8 Å². The number of likely N-dealkylation sites (tertiary alicyclic amines) is 1. The fourth-order valence-electron chi connectivity index (χ4n) is 2.99. The molecule has 1 fully saturated rings. The zero-order chi connectivity index (χ0) is 13.9. The summed E-state index contributed by atoms with van der Waals surface area (Å²) in [5.74, 6) is 0.740. The van der Waals surface area contributed by atoms with E-state index in [2.05, 4.69) is 56.4 Å². The van der Waals surface area contributed by atoms with E-state index in [1.54, 1.807) is 0 Å². The lowest BCUT2D eigenvalue weighted by molar-refractivity contribution is 0.217. The van der Waals surface area contributed by atoms with E-state index < -0.39 is 0 Å². The lowest BCUT2D eigenvalue weighted by Gasteiger charge is -2.30. The molecule has 3 rings (SSSR count). The molecule has 106 valence electrons. The molecule has 1 atom stereocenters. The molecule has 1 aliphatic rings. The Kier molecular flexibility index (Phi) is 4.22. The van der Waals surface area contributed by atoms with Crippen LogP contribution in [0.1, 0.15) is 12.8 Å². The van der Waals surface area contributed by atoms with Crippen molar-refractivity contribution in [1.82, 2.24) is 9.88 Å². The van der Waals surface area contributed by atoms with E-state index in [0.717, 1.165) is 22.5 Å². The van der Waals surface area contributed by atoms with E-state index in [1.165, 1.54) is 37.0 Å². The van der Waals surface area contributed by atoms with Gasteiger partial charge in [-0.05, 0) is 60.4 Å². The Balaban J connectivity index is 1.76. The molecule has 1 aromatic carbocycles. The summed E-state index contributed by atoms with van der Waals surface area (Å²) >= 11 is 3.57. The number of benzene rings is 1. The lowest BCUT2D eigenvalue weighted by Crippen LogP contribution is -2.35. The molecule has 1 unspecified atom stereocenters. The third-order valence-corrected chi connectivity index (χ3v) is 4.66. The van der Waals surface area contributed by atoms with Crippen molar-refractivity contribution < 1.29 is 0 Å². The van der Waals surface area contributed by atoms with Crippen molar-refractivity contribution in [3.05, 3.63) is 34.9 Å². The number of piperidine rings is 1. The summed E-state index contributed by atoms with van der Waals surface area (Å²) in [5.41, 5.74) is 2.21. The Bertz CT molecular complexity index is 599. The van der Waals surface area contributed by atoms with Gasteiger partial charge in [0.25, 0.3) is 0 Å². The summed E-state index contributed by atoms with van der Waals surface area (Å²) in [4.78, 5) is 6.88. The second-order valence-corrected chi connectivity index (χ2v) is 6.50. The fraction of sp³-hybridized carbons (Fsp3) is 0.438. The summed E-state index contributed by atoms with van der Waals surface area (Å²) in [6.45, 7) is 3.47. The molecule has 0 saturated carbocycles. The summed E-state index contributed by atoms with van der Waals surface area (Å²) < 4.78 is 1.05. The Morgan fingerprint density at radius 3 is 3.15 bits per heavy atom. The fourth-order valence-corrected chi connectivity index (χ4v) is 3.46. The van der Waals surface area contributed by atoms with E-state index in [0.29, 0.717) is 0 Å². The Hall–Kier alpha value is -1.13. The van der Waals surface area contributed by atoms with Gasteiger partial charge in [0.1, 0.15) is 0 Å². The minimum atomic E-state index is 0.740. The summed E-state index contributed by atoms with van der Waals surface area (Å²) in [7, 11) is 2.21. The first kappa shape index (κ1) is 13.8. The average Bonchev–Trinajstić information content (AvgIpc) is 2.46. The van der Waals surface area contributed by atoms with E-state index in [-0.39, 0.29) is 0 Å². The third kappa shape index (κ3) is 2.96. The summed E-state index contributed by atoms with van der Waals surface area (Å²) in [6, 6.07) is 8.30. The van der Waals surface area contributed by atoms with Crippen molar-refractivity contribution in [2.24, 2.45) is 5.92 Å². The Morgan fingerprint density at radius 1 is 1.40 bits per heavy atom. The van der Waals surface area contributed by atoms with Crippen LogP contribution in [0.25, 0.3) is 10.9 Å². The van der Waals surface area contributed by atoms with Crippen LogP contribution in [0.3, 0.4) is 0 Å². The van der Waals surface area contributed by atoms with E-state index in [1.807, 2.05) is 12.3 Å². The van der Waals surface area contributed by atoms with Crippen molar-refractivity contribution in [3.8, 4) is 0 Å². The number of fused-ring (bicyclic) bond motifs is 1. The number of anilines is 1. The SMILES string of the molecule is CN1CCCC(CNc2ccnc3c(Br)cccc23)C1. The molecule has 0 aliphatic carbocycles. The highest BCUT2D eigenvalue weighted by Crippen LogP contribution is 2.27. The topological polar surface area (TPSA) is 28.2 Å². The normalized spacial score (nSPS) is 20.2. The maximum atomic E-state index is 4.45. The van der Waals surface area contributed by atoms with Gasteiger partial charge in [-0.25, -0.2) is 0 Å². The minimum absolute atomic E-state index is 0.740. The molecule has 1 aromatic heterocycles. The van der Waals surface area contributed by atoms with E-state index in [9.17, 15) is 0 Å². The van der Waals surface area contributed by atoms with Gasteiger partial charge in [0.2, 0.25) is 0 Å². The van der Waals surface area contributed by atoms with Crippen LogP contribution < -0.4 is 5.32 Å². The van der Waals surface area contributed by atoms with Crippen molar-refractivity contribution in [3.63, 3.8) is 0 Å². The smallest absolute Gasteiger partial charge is 0.0864 e. The van der Waals surface area contributed by atoms with Crippen molar-refractivity contribution >= 4 is 32.5 Å². The number of hydrogen-bond donors (Lipinski definition) is 1. The largest absolute Gasteiger partial charge is 0.384 e. The molecule has 3 nitrogen and oxygen atoms in total. The van der Waals surface area contributed by atoms with Crippen molar-refractivity contribution in [1.29, 1.82) is 0 Å². The number of hydrogen-bond acceptors (Lipinski definition) is 3. The highest BCUT2D eigenvalue weighted by Gasteiger charge is 2.17. The number of pyridine rings is 1. The maximum absolute atomic E-state index is 4.45. The standard InChI is InChI=1S/C16H20BrN3/c1-20-9-3-4-12(11-20)10-19-15-7-8-18-16-13(15)5-2-6-14(16)17/h2,5-8,12H,3-4,9-11H2,1H3,(H,18,19). The van der Waals surface area contributed by atoms with Crippen LogP contribution >= 0.6 is 15.9 Å². The molecule has 1 N–H and O–H groups in total. The van der Waals surface area contributed by atoms with Crippen LogP contribution in [0.15, 0.2) is 34.9 Å². The molecule has 2 aromatic rings. The molecule has 0 amide bonds. The van der Waals surface area contributed by atoms with Crippen LogP contribution in [0.5, 0.6) is 0 Å². The van der Waals surface area contributed by atoms with Crippen LogP contribution in [0.2, 0.25) is 0 Å². The molecule has 4 heteroatoms. The van der Waals surface area contributed by atoms with Gasteiger partial charge in [0, 0.05) is 34.8 Å². The van der Waals surface area contributed by atoms with Gasteiger partial charge in [-0.3, -0.25) is 4.98 Å². The first-order chi connectivity index (χ1) is 9.74. The number of para-hydroxylation sites is 1. The molecular formula is C16H20BrN3. The van der Waals surface area contributed by atoms with Crippen LogP contribution in [-0.2, 0) is 0 Å². The van der Waals surface area contributed by atoms with Gasteiger partial charge in [-0.1, -0.05) is 12.1 Å². The summed E-state index contributed by atoms with van der Waals surface area (Å²) in [5, 5.41) is 4.80. The summed E-state index contributed by atoms with van der Waals surface area (Å²) in [6.07, 6.45) is 4.51. The zero-order valence-electron chi connectivity index (χ0n) is 11.8. The number of halogens is 1. The highest BCUT2D eigenvalue weighted by atomic mass is 79.9. The predicted octanol–water partition coefficient (Wildman–Crippen LogP) is 3.75. The van der Waals surface area contributed by atoms with E-state index in [4.69, 9.17) is 0 Å². The molecule has 2 heterocycles. The second kappa shape index (κ2) is 6.10. The first-order valence-electron chi connectivity index (χ1n) is 7.19. The van der Waals surface area contributed by atoms with Gasteiger partial charge >= 0.3 is 0 Å². The second-order valence-electron chi connectivity index (χ2n) is 5.65. The highest BCUT2D eigenvalue weighted by molar-refractivity contribution is 9.10. The van der Waals surface area contributed by atoms with E-state index >= 15 is 0 Å². The molecule has 1 aliphatic heterocycles. The van der Waals surface area contributed by atoms with Gasteiger partial charge in [0.15, 0.2) is 0 Å². The number of aromatic nitrogens is 1. The van der Waals surface area contributed by atoms with Gasteiger partial charge in [-0.15, -0.1) is 0 Å². The molecule has 20 heavy (non-hydrogen) atoms. The van der Waals surface area contributed by atoms with Gasteiger partial charge < -0.3 is 10.2 Å². The van der Waals surface area contributed by atoms with Crippen LogP contribution in [0, 0.1) is 5.92 Å². The molecule has 1 saturated heterocycles. The molecule has 0 radical (unpaired) electrons. The maximum Gasteiger partial charge on any atom is 0.0864 e. The van der Waals surface area contributed by atoms with Gasteiger partial charge in [0.05, 0.1) is 5.52 Å². The Morgan fingerprint density at radius 2 is 2.30 bits per heavy atom. The lowest BCUT2D eigenvalue weighted by atomic mass is 9.98. The number of nitrogens with zero attached hydrogens (tertiary/aromatic N) is 2. The third-order valence-electron chi connectivity index (χ3n) is 4.03. The predicted molar refractivity (Wildman–Crippen MR) is 88.2 cm³/mol. The monoisotopic (exact) mass is 333 g/mol. The van der Waals surface area contributed by atoms with Crippen LogP contribution in [0.4, 0.5) is 5.69 Å². The molecule has 0 bridgehead atoms.